The first kappa shape index (κ1) is 12.3. The molecule has 0 rings (SSSR count). The van der Waals surface area contributed by atoms with E-state index in [1.807, 2.05) is 6.92 Å². The van der Waals surface area contributed by atoms with Gasteiger partial charge >= 0.3 is 6.03 Å². The van der Waals surface area contributed by atoms with Gasteiger partial charge in [-0.1, -0.05) is 0 Å². The Hall–Kier alpha value is -1.39. The summed E-state index contributed by atoms with van der Waals surface area (Å²) in [5.41, 5.74) is 8.50. The molecule has 0 atom stereocenters. The first-order valence-electron chi connectivity index (χ1n) is 2.87. The molecule has 0 spiro atoms. The van der Waals surface area contributed by atoms with Gasteiger partial charge in [0.05, 0.1) is 14.2 Å². The van der Waals surface area contributed by atoms with Gasteiger partial charge in [-0.25, -0.2) is 4.79 Å². The summed E-state index contributed by atoms with van der Waals surface area (Å²) in [6.07, 6.45) is 1.75. The predicted octanol–water partition coefficient (Wildman–Crippen LogP) is 0.164. The molecule has 0 aromatic rings. The zero-order chi connectivity index (χ0) is 9.28. The largest absolute Gasteiger partial charge is 0.469 e. The number of carbonyl (C=O) groups is 1. The van der Waals surface area contributed by atoms with Crippen LogP contribution in [0.4, 0.5) is 4.79 Å². The third-order valence-electron chi connectivity index (χ3n) is 0.638. The van der Waals surface area contributed by atoms with Gasteiger partial charge < -0.3 is 20.9 Å². The van der Waals surface area contributed by atoms with E-state index in [0.717, 1.165) is 0 Å². The summed E-state index contributed by atoms with van der Waals surface area (Å²) in [6.45, 7) is 1.85. The Morgan fingerprint density at radius 2 is 1.55 bits per heavy atom. The van der Waals surface area contributed by atoms with Crippen LogP contribution in [0.2, 0.25) is 0 Å². The van der Waals surface area contributed by atoms with Crippen LogP contribution in [0.25, 0.3) is 0 Å². The van der Waals surface area contributed by atoms with Crippen LogP contribution in [0, 0.1) is 0 Å². The van der Waals surface area contributed by atoms with Crippen LogP contribution >= 0.6 is 0 Å². The maximum absolute atomic E-state index is 9.00. The number of carbonyl (C=O) groups excluding carboxylic acids is 1. The molecule has 0 heterocycles. The minimum absolute atomic E-state index is 0.556. The lowest BCUT2D eigenvalue weighted by molar-refractivity contribution is 0.0948. The fourth-order valence-corrected chi connectivity index (χ4v) is 0.319. The highest BCUT2D eigenvalue weighted by Crippen LogP contribution is 1.91. The molecular weight excluding hydrogens is 148 g/mol. The van der Waals surface area contributed by atoms with E-state index in [-0.39, 0.29) is 0 Å². The van der Waals surface area contributed by atoms with Crippen LogP contribution in [0.1, 0.15) is 6.92 Å². The Balaban J connectivity index is 0. The van der Waals surface area contributed by atoms with Crippen molar-refractivity contribution in [1.29, 1.82) is 0 Å². The van der Waals surface area contributed by atoms with Crippen LogP contribution < -0.4 is 11.5 Å². The molecule has 66 valence electrons. The van der Waals surface area contributed by atoms with Crippen molar-refractivity contribution in [3.63, 3.8) is 0 Å². The van der Waals surface area contributed by atoms with Crippen LogP contribution in [-0.4, -0.2) is 20.3 Å². The Bertz CT molecular complexity index is 124. The molecule has 0 radical (unpaired) electrons. The molecule has 0 fully saturated rings. The first-order valence-corrected chi connectivity index (χ1v) is 2.87. The van der Waals surface area contributed by atoms with Crippen molar-refractivity contribution in [2.75, 3.05) is 14.2 Å². The molecular formula is C6H14N2O3. The molecule has 11 heavy (non-hydrogen) atoms. The molecule has 0 aliphatic heterocycles. The van der Waals surface area contributed by atoms with E-state index in [9.17, 15) is 0 Å². The third-order valence-corrected chi connectivity index (χ3v) is 0.638. The number of rotatable bonds is 2. The van der Waals surface area contributed by atoms with Gasteiger partial charge in [-0.2, -0.15) is 0 Å². The van der Waals surface area contributed by atoms with Crippen molar-refractivity contribution in [3.05, 3.63) is 12.0 Å². The van der Waals surface area contributed by atoms with Gasteiger partial charge in [-0.15, -0.1) is 0 Å². The molecule has 0 unspecified atom stereocenters. The van der Waals surface area contributed by atoms with Crippen molar-refractivity contribution in [2.45, 2.75) is 6.92 Å². The van der Waals surface area contributed by atoms with E-state index in [0.29, 0.717) is 5.95 Å². The van der Waals surface area contributed by atoms with Crippen molar-refractivity contribution in [2.24, 2.45) is 11.5 Å². The second kappa shape index (κ2) is 8.61. The Morgan fingerprint density at radius 3 is 1.55 bits per heavy atom. The van der Waals surface area contributed by atoms with Crippen LogP contribution in [-0.2, 0) is 9.47 Å². The number of methoxy groups -OCH3 is 2. The molecule has 0 aromatic heterocycles. The van der Waals surface area contributed by atoms with Crippen LogP contribution in [0.3, 0.4) is 0 Å². The smallest absolute Gasteiger partial charge is 0.309 e. The molecule has 0 aliphatic carbocycles. The fourth-order valence-electron chi connectivity index (χ4n) is 0.319. The summed E-state index contributed by atoms with van der Waals surface area (Å²) in [7, 11) is 3.14. The first-order chi connectivity index (χ1) is 5.08. The van der Waals surface area contributed by atoms with Crippen LogP contribution in [0.15, 0.2) is 12.0 Å². The van der Waals surface area contributed by atoms with Gasteiger partial charge in [-0.3, -0.25) is 0 Å². The minimum Gasteiger partial charge on any atom is -0.469 e. The summed E-state index contributed by atoms with van der Waals surface area (Å²) in [4.78, 5) is 9.00. The predicted molar refractivity (Wildman–Crippen MR) is 41.5 cm³/mol. The second-order valence-corrected chi connectivity index (χ2v) is 1.42. The van der Waals surface area contributed by atoms with Gasteiger partial charge in [0.15, 0.2) is 0 Å². The van der Waals surface area contributed by atoms with Gasteiger partial charge in [0.25, 0.3) is 5.95 Å². The normalized spacial score (nSPS) is 6.82. The van der Waals surface area contributed by atoms with Crippen molar-refractivity contribution in [1.82, 2.24) is 0 Å². The minimum atomic E-state index is -0.833. The summed E-state index contributed by atoms with van der Waals surface area (Å²) in [5.74, 6) is 0.556. The third kappa shape index (κ3) is 17.7. The summed E-state index contributed by atoms with van der Waals surface area (Å²) < 4.78 is 9.38. The molecule has 0 aliphatic rings. The maximum atomic E-state index is 9.00. The molecule has 2 amide bonds. The van der Waals surface area contributed by atoms with E-state index in [1.54, 1.807) is 20.3 Å². The van der Waals surface area contributed by atoms with E-state index in [2.05, 4.69) is 20.9 Å². The van der Waals surface area contributed by atoms with Crippen LogP contribution in [0.5, 0.6) is 0 Å². The van der Waals surface area contributed by atoms with E-state index in [1.165, 1.54) is 0 Å². The highest BCUT2D eigenvalue weighted by molar-refractivity contribution is 5.69. The van der Waals surface area contributed by atoms with Crippen molar-refractivity contribution in [3.8, 4) is 0 Å². The number of nitrogens with two attached hydrogens (primary N) is 2. The van der Waals surface area contributed by atoms with Crippen molar-refractivity contribution >= 4 is 6.03 Å². The second-order valence-electron chi connectivity index (χ2n) is 1.42. The highest BCUT2D eigenvalue weighted by Gasteiger charge is 1.83. The van der Waals surface area contributed by atoms with Gasteiger partial charge in [0.2, 0.25) is 0 Å². The van der Waals surface area contributed by atoms with Crippen molar-refractivity contribution < 1.29 is 14.3 Å². The standard InChI is InChI=1S/C5H10O2.CH4N2O/c1-4-5(6-2)7-3;2-1(3)4/h4H,1-3H3;(H4,2,3,4). The average Bonchev–Trinajstić information content (AvgIpc) is 1.90. The lowest BCUT2D eigenvalue weighted by Gasteiger charge is -1.99. The van der Waals surface area contributed by atoms with E-state index >= 15 is 0 Å². The summed E-state index contributed by atoms with van der Waals surface area (Å²) in [6, 6.07) is -0.833. The van der Waals surface area contributed by atoms with Gasteiger partial charge in [-0.05, 0) is 13.0 Å². The number of amides is 2. The summed E-state index contributed by atoms with van der Waals surface area (Å²) >= 11 is 0. The summed E-state index contributed by atoms with van der Waals surface area (Å²) in [5, 5.41) is 0. The zero-order valence-corrected chi connectivity index (χ0v) is 6.96. The number of ether oxygens (including phenoxy) is 2. The SMILES string of the molecule is CC=C(OC)OC.NC(N)=O. The number of allylic oxidation sites excluding steroid dienone is 1. The topological polar surface area (TPSA) is 87.6 Å². The maximum Gasteiger partial charge on any atom is 0.309 e. The molecule has 4 N–H and O–H groups in total. The molecule has 0 aromatic carbocycles. The Kier molecular flexibility index (Phi) is 9.63. The monoisotopic (exact) mass is 162 g/mol. The number of urea groups is 1. The number of hydrogen-bond donors (Lipinski definition) is 2. The highest BCUT2D eigenvalue weighted by atomic mass is 16.7. The fraction of sp³-hybridized carbons (Fsp3) is 0.500. The number of primary amides is 2. The van der Waals surface area contributed by atoms with E-state index in [4.69, 9.17) is 4.79 Å². The van der Waals surface area contributed by atoms with Gasteiger partial charge in [0, 0.05) is 0 Å². The molecule has 5 heteroatoms. The lowest BCUT2D eigenvalue weighted by Crippen LogP contribution is -2.18. The zero-order valence-electron chi connectivity index (χ0n) is 6.96. The molecule has 5 nitrogen and oxygen atoms in total. The van der Waals surface area contributed by atoms with E-state index < -0.39 is 6.03 Å². The number of hydrogen-bond acceptors (Lipinski definition) is 3. The lowest BCUT2D eigenvalue weighted by atomic mass is 10.7. The Morgan fingerprint density at radius 1 is 1.27 bits per heavy atom. The van der Waals surface area contributed by atoms with Gasteiger partial charge in [0.1, 0.15) is 0 Å². The average molecular weight is 162 g/mol. The molecule has 0 saturated carbocycles. The quantitative estimate of drug-likeness (QED) is 0.567. The molecule has 0 bridgehead atoms. The molecule has 0 saturated heterocycles. The Labute approximate surface area is 65.9 Å².